The Morgan fingerprint density at radius 2 is 2.00 bits per heavy atom. The van der Waals surface area contributed by atoms with Gasteiger partial charge in [-0.15, -0.1) is 35.3 Å². The topological polar surface area (TPSA) is 52.6 Å². The van der Waals surface area contributed by atoms with E-state index in [1.165, 1.54) is 10.6 Å². The number of aromatic nitrogens is 1. The van der Waals surface area contributed by atoms with Crippen LogP contribution in [0, 0.1) is 6.92 Å². The Morgan fingerprint density at radius 1 is 1.29 bits per heavy atom. The standard InChI is InChI=1S/C17H25N5S.HI/c1-13(22(4)15-8-6-5-7-9-15)10-20-17(18-3)21-12-16-19-11-14(2)23-16;/h5-9,11,13H,10,12H2,1-4H3,(H2,18,20,21);1H. The van der Waals surface area contributed by atoms with Crippen LogP contribution in [0.5, 0.6) is 0 Å². The highest BCUT2D eigenvalue weighted by molar-refractivity contribution is 14.0. The van der Waals surface area contributed by atoms with Gasteiger partial charge in [0.1, 0.15) is 5.01 Å². The lowest BCUT2D eigenvalue weighted by atomic mass is 10.2. The Hall–Kier alpha value is -1.35. The Bertz CT molecular complexity index is 629. The summed E-state index contributed by atoms with van der Waals surface area (Å²) in [7, 11) is 3.89. The van der Waals surface area contributed by atoms with E-state index < -0.39 is 0 Å². The van der Waals surface area contributed by atoms with Crippen molar-refractivity contribution in [3.63, 3.8) is 0 Å². The number of halogens is 1. The molecule has 0 fully saturated rings. The fourth-order valence-corrected chi connectivity index (χ4v) is 2.89. The number of para-hydroxylation sites is 1. The van der Waals surface area contributed by atoms with E-state index in [0.29, 0.717) is 12.6 Å². The van der Waals surface area contributed by atoms with Crippen LogP contribution in [-0.2, 0) is 6.54 Å². The zero-order chi connectivity index (χ0) is 16.7. The van der Waals surface area contributed by atoms with E-state index in [1.54, 1.807) is 18.4 Å². The van der Waals surface area contributed by atoms with E-state index in [9.17, 15) is 0 Å². The normalized spacial score (nSPS) is 12.2. The predicted octanol–water partition coefficient (Wildman–Crippen LogP) is 3.26. The first-order chi connectivity index (χ1) is 11.1. The number of nitrogens with one attached hydrogen (secondary N) is 2. The van der Waals surface area contributed by atoms with E-state index in [1.807, 2.05) is 12.3 Å². The Morgan fingerprint density at radius 3 is 2.58 bits per heavy atom. The molecule has 24 heavy (non-hydrogen) atoms. The van der Waals surface area contributed by atoms with Crippen LogP contribution in [0.15, 0.2) is 41.5 Å². The minimum atomic E-state index is 0. The van der Waals surface area contributed by atoms with Gasteiger partial charge in [-0.05, 0) is 26.0 Å². The SMILES string of the molecule is CN=C(NCc1ncc(C)s1)NCC(C)N(C)c1ccccc1.I. The fraction of sp³-hybridized carbons (Fsp3) is 0.412. The van der Waals surface area contributed by atoms with Gasteiger partial charge in [-0.2, -0.15) is 0 Å². The van der Waals surface area contributed by atoms with E-state index in [2.05, 4.69) is 70.7 Å². The Balaban J connectivity index is 0.00000288. The smallest absolute Gasteiger partial charge is 0.191 e. The number of guanidine groups is 1. The van der Waals surface area contributed by atoms with Crippen LogP contribution in [0.1, 0.15) is 16.8 Å². The molecule has 1 heterocycles. The molecule has 0 amide bonds. The molecule has 0 radical (unpaired) electrons. The van der Waals surface area contributed by atoms with Crippen molar-refractivity contribution in [1.82, 2.24) is 15.6 Å². The first-order valence-corrected chi connectivity index (χ1v) is 8.55. The van der Waals surface area contributed by atoms with Crippen molar-refractivity contribution >= 4 is 47.0 Å². The molecule has 0 aliphatic carbocycles. The van der Waals surface area contributed by atoms with Crippen LogP contribution in [0.2, 0.25) is 0 Å². The van der Waals surface area contributed by atoms with Gasteiger partial charge in [-0.25, -0.2) is 4.98 Å². The molecule has 2 rings (SSSR count). The first-order valence-electron chi connectivity index (χ1n) is 7.74. The molecule has 0 saturated heterocycles. The predicted molar refractivity (Wildman–Crippen MR) is 115 cm³/mol. The summed E-state index contributed by atoms with van der Waals surface area (Å²) in [5.74, 6) is 0.797. The van der Waals surface area contributed by atoms with Crippen LogP contribution >= 0.6 is 35.3 Å². The van der Waals surface area contributed by atoms with Gasteiger partial charge in [0, 0.05) is 43.4 Å². The summed E-state index contributed by atoms with van der Waals surface area (Å²) < 4.78 is 0. The largest absolute Gasteiger partial charge is 0.370 e. The van der Waals surface area contributed by atoms with E-state index in [-0.39, 0.29) is 24.0 Å². The summed E-state index contributed by atoms with van der Waals surface area (Å²) >= 11 is 1.70. The Kier molecular flexibility index (Phi) is 9.05. The maximum atomic E-state index is 4.35. The molecule has 132 valence electrons. The van der Waals surface area contributed by atoms with Gasteiger partial charge in [-0.1, -0.05) is 18.2 Å². The minimum absolute atomic E-state index is 0. The zero-order valence-electron chi connectivity index (χ0n) is 14.6. The summed E-state index contributed by atoms with van der Waals surface area (Å²) in [5.41, 5.74) is 1.21. The lowest BCUT2D eigenvalue weighted by molar-refractivity contribution is 0.648. The Labute approximate surface area is 165 Å². The van der Waals surface area contributed by atoms with Crippen molar-refractivity contribution in [2.45, 2.75) is 26.4 Å². The van der Waals surface area contributed by atoms with E-state index >= 15 is 0 Å². The minimum Gasteiger partial charge on any atom is -0.370 e. The lowest BCUT2D eigenvalue weighted by Crippen LogP contribution is -2.44. The van der Waals surface area contributed by atoms with Gasteiger partial charge in [0.15, 0.2) is 5.96 Å². The highest BCUT2D eigenvalue weighted by atomic mass is 127. The summed E-state index contributed by atoms with van der Waals surface area (Å²) in [6.07, 6.45) is 1.90. The number of nitrogens with zero attached hydrogens (tertiary/aromatic N) is 3. The third-order valence-electron chi connectivity index (χ3n) is 3.69. The van der Waals surface area contributed by atoms with Crippen LogP contribution < -0.4 is 15.5 Å². The summed E-state index contributed by atoms with van der Waals surface area (Å²) in [5, 5.41) is 7.74. The molecule has 5 nitrogen and oxygen atoms in total. The molecule has 0 saturated carbocycles. The average molecular weight is 459 g/mol. The number of anilines is 1. The summed E-state index contributed by atoms with van der Waals surface area (Å²) in [6, 6.07) is 10.7. The number of rotatable bonds is 6. The van der Waals surface area contributed by atoms with E-state index in [4.69, 9.17) is 0 Å². The van der Waals surface area contributed by atoms with Crippen LogP contribution in [0.4, 0.5) is 5.69 Å². The van der Waals surface area contributed by atoms with Gasteiger partial charge in [0.25, 0.3) is 0 Å². The van der Waals surface area contributed by atoms with Gasteiger partial charge in [0.05, 0.1) is 6.54 Å². The van der Waals surface area contributed by atoms with Crippen molar-refractivity contribution in [3.05, 3.63) is 46.4 Å². The molecule has 0 bridgehead atoms. The molecular formula is C17H26IN5S. The molecule has 1 aromatic carbocycles. The third-order valence-corrected chi connectivity index (χ3v) is 4.60. The molecular weight excluding hydrogens is 433 g/mol. The molecule has 0 spiro atoms. The molecule has 2 N–H and O–H groups in total. The second kappa shape index (κ2) is 10.5. The monoisotopic (exact) mass is 459 g/mol. The fourth-order valence-electron chi connectivity index (χ4n) is 2.16. The molecule has 1 unspecified atom stereocenters. The first kappa shape index (κ1) is 20.7. The highest BCUT2D eigenvalue weighted by Crippen LogP contribution is 2.13. The number of hydrogen-bond donors (Lipinski definition) is 2. The number of hydrogen-bond acceptors (Lipinski definition) is 4. The zero-order valence-corrected chi connectivity index (χ0v) is 17.8. The molecule has 7 heteroatoms. The second-order valence-electron chi connectivity index (χ2n) is 5.47. The molecule has 0 aliphatic rings. The van der Waals surface area contributed by atoms with Crippen molar-refractivity contribution in [2.75, 3.05) is 25.5 Å². The third kappa shape index (κ3) is 6.27. The van der Waals surface area contributed by atoms with Crippen molar-refractivity contribution in [3.8, 4) is 0 Å². The van der Waals surface area contributed by atoms with Crippen LogP contribution in [0.3, 0.4) is 0 Å². The number of thiazole rings is 1. The summed E-state index contributed by atoms with van der Waals surface area (Å²) in [4.78, 5) is 12.1. The van der Waals surface area contributed by atoms with Crippen LogP contribution in [0.25, 0.3) is 0 Å². The van der Waals surface area contributed by atoms with Gasteiger partial charge in [-0.3, -0.25) is 4.99 Å². The lowest BCUT2D eigenvalue weighted by Gasteiger charge is -2.27. The number of aliphatic imine (C=N–C) groups is 1. The van der Waals surface area contributed by atoms with Gasteiger partial charge < -0.3 is 15.5 Å². The number of likely N-dealkylation sites (N-methyl/N-ethyl adjacent to an activating group) is 1. The van der Waals surface area contributed by atoms with Gasteiger partial charge in [0.2, 0.25) is 0 Å². The molecule has 2 aromatic rings. The molecule has 1 aromatic heterocycles. The van der Waals surface area contributed by atoms with Gasteiger partial charge >= 0.3 is 0 Å². The van der Waals surface area contributed by atoms with Crippen molar-refractivity contribution in [1.29, 1.82) is 0 Å². The second-order valence-corrected chi connectivity index (χ2v) is 6.79. The number of benzene rings is 1. The molecule has 1 atom stereocenters. The highest BCUT2D eigenvalue weighted by Gasteiger charge is 2.10. The van der Waals surface area contributed by atoms with Crippen LogP contribution in [-0.4, -0.2) is 37.6 Å². The quantitative estimate of drug-likeness (QED) is 0.396. The van der Waals surface area contributed by atoms with E-state index in [0.717, 1.165) is 17.5 Å². The maximum Gasteiger partial charge on any atom is 0.191 e. The summed E-state index contributed by atoms with van der Waals surface area (Å²) in [6.45, 7) is 5.76. The molecule has 0 aliphatic heterocycles. The maximum absolute atomic E-state index is 4.35. The number of aryl methyl sites for hydroxylation is 1. The average Bonchev–Trinajstić information content (AvgIpc) is 3.00. The van der Waals surface area contributed by atoms with Crippen molar-refractivity contribution in [2.24, 2.45) is 4.99 Å². The van der Waals surface area contributed by atoms with Crippen molar-refractivity contribution < 1.29 is 0 Å².